The topological polar surface area (TPSA) is 60.0 Å². The van der Waals surface area contributed by atoms with Crippen LogP contribution in [0.5, 0.6) is 0 Å². The number of aryl methyl sites for hydroxylation is 1. The van der Waals surface area contributed by atoms with Crippen molar-refractivity contribution in [2.45, 2.75) is 89.3 Å². The van der Waals surface area contributed by atoms with Crippen molar-refractivity contribution in [3.05, 3.63) is 47.5 Å². The minimum Gasteiger partial charge on any atom is -0.330 e. The van der Waals surface area contributed by atoms with Crippen molar-refractivity contribution in [1.29, 1.82) is 0 Å². The molecule has 158 valence electrons. The Labute approximate surface area is 175 Å². The Kier molecular flexibility index (Phi) is 5.80. The molecule has 2 saturated heterocycles. The normalized spacial score (nSPS) is 26.8. The molecule has 2 aliphatic rings. The molecule has 0 saturated carbocycles. The monoisotopic (exact) mass is 395 g/mol. The number of nitrogens with zero attached hydrogens (tertiary/aromatic N) is 4. The van der Waals surface area contributed by atoms with E-state index in [4.69, 9.17) is 5.73 Å². The summed E-state index contributed by atoms with van der Waals surface area (Å²) in [5, 5.41) is 8.88. The zero-order valence-corrected chi connectivity index (χ0v) is 18.5. The van der Waals surface area contributed by atoms with Gasteiger partial charge in [-0.2, -0.15) is 0 Å². The van der Waals surface area contributed by atoms with E-state index in [0.717, 1.165) is 24.6 Å². The first-order chi connectivity index (χ1) is 13.9. The second-order valence-electron chi connectivity index (χ2n) is 9.76. The standard InChI is InChI=1S/C24H37N5/c1-17(2)23-27-26-18(3)29(23)22-14-20-10-11-21(15-22)28(20)13-12-24(4,16-25)19-8-6-5-7-9-19/h5-9,17,20-22H,10-16,25H2,1-4H3/t20-,21+,22?,24?. The van der Waals surface area contributed by atoms with Gasteiger partial charge in [0.1, 0.15) is 11.6 Å². The van der Waals surface area contributed by atoms with Crippen molar-refractivity contribution < 1.29 is 0 Å². The fraction of sp³-hybridized carbons (Fsp3) is 0.667. The molecule has 0 radical (unpaired) electrons. The van der Waals surface area contributed by atoms with Crippen LogP contribution in [0.15, 0.2) is 30.3 Å². The number of benzene rings is 1. The van der Waals surface area contributed by atoms with Gasteiger partial charge in [0.05, 0.1) is 0 Å². The third kappa shape index (κ3) is 3.87. The highest BCUT2D eigenvalue weighted by Gasteiger charge is 2.42. The highest BCUT2D eigenvalue weighted by atomic mass is 15.3. The average Bonchev–Trinajstić information content (AvgIpc) is 3.23. The second-order valence-corrected chi connectivity index (χ2v) is 9.76. The van der Waals surface area contributed by atoms with Gasteiger partial charge in [-0.15, -0.1) is 10.2 Å². The van der Waals surface area contributed by atoms with E-state index in [9.17, 15) is 0 Å². The Bertz CT molecular complexity index is 800. The molecule has 5 heteroatoms. The van der Waals surface area contributed by atoms with Crippen LogP contribution < -0.4 is 5.73 Å². The largest absolute Gasteiger partial charge is 0.330 e. The first-order valence-electron chi connectivity index (χ1n) is 11.4. The van der Waals surface area contributed by atoms with Crippen LogP contribution in [0, 0.1) is 6.92 Å². The molecule has 5 nitrogen and oxygen atoms in total. The first-order valence-corrected chi connectivity index (χ1v) is 11.4. The lowest BCUT2D eigenvalue weighted by atomic mass is 9.79. The molecule has 2 bridgehead atoms. The van der Waals surface area contributed by atoms with E-state index in [2.05, 4.69) is 77.7 Å². The summed E-state index contributed by atoms with van der Waals surface area (Å²) >= 11 is 0. The van der Waals surface area contributed by atoms with Gasteiger partial charge < -0.3 is 10.3 Å². The number of aromatic nitrogens is 3. The van der Waals surface area contributed by atoms with Gasteiger partial charge in [0.15, 0.2) is 0 Å². The minimum atomic E-state index is 0.0488. The van der Waals surface area contributed by atoms with E-state index >= 15 is 0 Å². The van der Waals surface area contributed by atoms with E-state index in [1.165, 1.54) is 31.2 Å². The minimum absolute atomic E-state index is 0.0488. The van der Waals surface area contributed by atoms with Gasteiger partial charge in [0.2, 0.25) is 0 Å². The zero-order chi connectivity index (χ0) is 20.6. The van der Waals surface area contributed by atoms with Crippen LogP contribution in [0.4, 0.5) is 0 Å². The molecule has 0 spiro atoms. The van der Waals surface area contributed by atoms with Crippen molar-refractivity contribution in [2.75, 3.05) is 13.1 Å². The molecule has 2 fully saturated rings. The Hall–Kier alpha value is -1.72. The molecule has 0 amide bonds. The molecular formula is C24H37N5. The van der Waals surface area contributed by atoms with Gasteiger partial charge in [-0.1, -0.05) is 51.1 Å². The SMILES string of the molecule is Cc1nnc(C(C)C)n1C1C[C@H]2CC[C@@H](C1)N2CCC(C)(CN)c1ccccc1. The van der Waals surface area contributed by atoms with Gasteiger partial charge in [0.25, 0.3) is 0 Å². The number of hydrogen-bond donors (Lipinski definition) is 1. The summed E-state index contributed by atoms with van der Waals surface area (Å²) < 4.78 is 2.45. The molecule has 2 aliphatic heterocycles. The molecule has 0 aliphatic carbocycles. The fourth-order valence-corrected chi connectivity index (χ4v) is 5.63. The van der Waals surface area contributed by atoms with Crippen LogP contribution >= 0.6 is 0 Å². The first kappa shape index (κ1) is 20.5. The summed E-state index contributed by atoms with van der Waals surface area (Å²) in [5.41, 5.74) is 7.67. The summed E-state index contributed by atoms with van der Waals surface area (Å²) in [5.74, 6) is 2.65. The Balaban J connectivity index is 1.46. The van der Waals surface area contributed by atoms with Gasteiger partial charge in [-0.05, 0) is 51.1 Å². The van der Waals surface area contributed by atoms with E-state index in [0.29, 0.717) is 30.6 Å². The molecule has 1 aromatic carbocycles. The molecule has 2 aromatic rings. The number of rotatable bonds is 7. The quantitative estimate of drug-likeness (QED) is 0.764. The van der Waals surface area contributed by atoms with Crippen LogP contribution in [-0.4, -0.2) is 44.8 Å². The van der Waals surface area contributed by atoms with Crippen molar-refractivity contribution in [3.63, 3.8) is 0 Å². The molecule has 2 unspecified atom stereocenters. The second kappa shape index (κ2) is 8.19. The molecule has 1 aromatic heterocycles. The molecule has 2 N–H and O–H groups in total. The van der Waals surface area contributed by atoms with E-state index in [1.807, 2.05) is 0 Å². The Morgan fingerprint density at radius 1 is 1.07 bits per heavy atom. The predicted octanol–water partition coefficient (Wildman–Crippen LogP) is 4.18. The van der Waals surface area contributed by atoms with E-state index in [-0.39, 0.29) is 5.41 Å². The summed E-state index contributed by atoms with van der Waals surface area (Å²) in [6, 6.07) is 12.7. The summed E-state index contributed by atoms with van der Waals surface area (Å²) in [6.07, 6.45) is 6.21. The Morgan fingerprint density at radius 2 is 1.72 bits per heavy atom. The molecule has 4 rings (SSSR count). The molecular weight excluding hydrogens is 358 g/mol. The maximum atomic E-state index is 6.25. The van der Waals surface area contributed by atoms with Crippen molar-refractivity contribution >= 4 is 0 Å². The van der Waals surface area contributed by atoms with E-state index in [1.54, 1.807) is 0 Å². The highest BCUT2D eigenvalue weighted by Crippen LogP contribution is 2.42. The summed E-state index contributed by atoms with van der Waals surface area (Å²) in [4.78, 5) is 2.79. The lowest BCUT2D eigenvalue weighted by molar-refractivity contribution is 0.0962. The lowest BCUT2D eigenvalue weighted by Gasteiger charge is -2.42. The zero-order valence-electron chi connectivity index (χ0n) is 18.5. The molecule has 3 heterocycles. The van der Waals surface area contributed by atoms with E-state index < -0.39 is 0 Å². The van der Waals surface area contributed by atoms with Gasteiger partial charge >= 0.3 is 0 Å². The maximum Gasteiger partial charge on any atom is 0.135 e. The summed E-state index contributed by atoms with van der Waals surface area (Å²) in [6.45, 7) is 10.7. The molecule has 4 atom stereocenters. The number of fused-ring (bicyclic) bond motifs is 2. The van der Waals surface area contributed by atoms with Gasteiger partial charge in [0, 0.05) is 36.0 Å². The lowest BCUT2D eigenvalue weighted by Crippen LogP contribution is -2.46. The Morgan fingerprint density at radius 3 is 2.31 bits per heavy atom. The highest BCUT2D eigenvalue weighted by molar-refractivity contribution is 5.25. The number of piperidine rings is 1. The molecule has 29 heavy (non-hydrogen) atoms. The van der Waals surface area contributed by atoms with Crippen LogP contribution in [0.3, 0.4) is 0 Å². The summed E-state index contributed by atoms with van der Waals surface area (Å²) in [7, 11) is 0. The average molecular weight is 396 g/mol. The number of hydrogen-bond acceptors (Lipinski definition) is 4. The van der Waals surface area contributed by atoms with Crippen LogP contribution in [-0.2, 0) is 5.41 Å². The third-order valence-corrected chi connectivity index (χ3v) is 7.48. The van der Waals surface area contributed by atoms with Crippen LogP contribution in [0.1, 0.15) is 82.0 Å². The van der Waals surface area contributed by atoms with Crippen molar-refractivity contribution in [3.8, 4) is 0 Å². The van der Waals surface area contributed by atoms with Crippen LogP contribution in [0.2, 0.25) is 0 Å². The van der Waals surface area contributed by atoms with Gasteiger partial charge in [-0.25, -0.2) is 0 Å². The fourth-order valence-electron chi connectivity index (χ4n) is 5.63. The smallest absolute Gasteiger partial charge is 0.135 e. The maximum absolute atomic E-state index is 6.25. The number of nitrogens with two attached hydrogens (primary N) is 1. The predicted molar refractivity (Wildman–Crippen MR) is 118 cm³/mol. The van der Waals surface area contributed by atoms with Crippen molar-refractivity contribution in [1.82, 2.24) is 19.7 Å². The third-order valence-electron chi connectivity index (χ3n) is 7.48. The van der Waals surface area contributed by atoms with Crippen LogP contribution in [0.25, 0.3) is 0 Å². The van der Waals surface area contributed by atoms with Gasteiger partial charge in [-0.3, -0.25) is 4.90 Å². The van der Waals surface area contributed by atoms with Crippen molar-refractivity contribution in [2.24, 2.45) is 5.73 Å².